The summed E-state index contributed by atoms with van der Waals surface area (Å²) in [5.41, 5.74) is 0.772. The van der Waals surface area contributed by atoms with Crippen LogP contribution >= 0.6 is 11.3 Å². The Hall–Kier alpha value is -2.29. The first-order chi connectivity index (χ1) is 13.2. The third-order valence-electron chi connectivity index (χ3n) is 5.47. The standard InChI is InChI=1S/C18H23N7OS/c1-2-3-13-10-15(26)25-17(20-13)27-18(22-25)23-8-6-12(7-9-23)16-21-19-11-24(16)14-4-5-14/h10-12,14H,2-9H2,1H3. The molecule has 1 saturated carbocycles. The first-order valence-electron chi connectivity index (χ1n) is 9.77. The van der Waals surface area contributed by atoms with Crippen molar-refractivity contribution < 1.29 is 0 Å². The lowest BCUT2D eigenvalue weighted by Crippen LogP contribution is -2.33. The fourth-order valence-electron chi connectivity index (χ4n) is 3.87. The molecule has 2 fully saturated rings. The molecular weight excluding hydrogens is 362 g/mol. The molecular formula is C18H23N7OS. The molecule has 27 heavy (non-hydrogen) atoms. The molecule has 0 bridgehead atoms. The number of hydrogen-bond acceptors (Lipinski definition) is 7. The van der Waals surface area contributed by atoms with E-state index in [0.717, 1.165) is 55.4 Å². The van der Waals surface area contributed by atoms with Crippen LogP contribution in [-0.4, -0.2) is 42.5 Å². The summed E-state index contributed by atoms with van der Waals surface area (Å²) in [6.45, 7) is 3.92. The lowest BCUT2D eigenvalue weighted by Gasteiger charge is -2.31. The Morgan fingerprint density at radius 3 is 2.78 bits per heavy atom. The number of rotatable bonds is 5. The van der Waals surface area contributed by atoms with Gasteiger partial charge >= 0.3 is 0 Å². The van der Waals surface area contributed by atoms with Gasteiger partial charge < -0.3 is 9.47 Å². The Labute approximate surface area is 160 Å². The summed E-state index contributed by atoms with van der Waals surface area (Å²) in [6, 6.07) is 2.23. The summed E-state index contributed by atoms with van der Waals surface area (Å²) in [5, 5.41) is 14.0. The van der Waals surface area contributed by atoms with Crippen LogP contribution in [-0.2, 0) is 6.42 Å². The van der Waals surface area contributed by atoms with E-state index < -0.39 is 0 Å². The maximum absolute atomic E-state index is 12.3. The zero-order valence-electron chi connectivity index (χ0n) is 15.4. The first-order valence-corrected chi connectivity index (χ1v) is 10.6. The number of aromatic nitrogens is 6. The highest BCUT2D eigenvalue weighted by Crippen LogP contribution is 2.39. The smallest absolute Gasteiger partial charge is 0.275 e. The van der Waals surface area contributed by atoms with Crippen LogP contribution < -0.4 is 10.5 Å². The van der Waals surface area contributed by atoms with E-state index in [9.17, 15) is 4.79 Å². The summed E-state index contributed by atoms with van der Waals surface area (Å²) < 4.78 is 3.71. The quantitative estimate of drug-likeness (QED) is 0.671. The maximum Gasteiger partial charge on any atom is 0.275 e. The minimum absolute atomic E-state index is 0.0848. The van der Waals surface area contributed by atoms with E-state index in [0.29, 0.717) is 16.9 Å². The van der Waals surface area contributed by atoms with E-state index in [-0.39, 0.29) is 5.56 Å². The van der Waals surface area contributed by atoms with E-state index >= 15 is 0 Å². The van der Waals surface area contributed by atoms with E-state index in [2.05, 4.69) is 36.7 Å². The van der Waals surface area contributed by atoms with Gasteiger partial charge in [-0.15, -0.1) is 15.3 Å². The Morgan fingerprint density at radius 1 is 1.22 bits per heavy atom. The fourth-order valence-corrected chi connectivity index (χ4v) is 4.84. The van der Waals surface area contributed by atoms with Crippen molar-refractivity contribution in [2.45, 2.75) is 57.4 Å². The van der Waals surface area contributed by atoms with Crippen molar-refractivity contribution in [1.82, 2.24) is 29.4 Å². The zero-order chi connectivity index (χ0) is 18.4. The summed E-state index contributed by atoms with van der Waals surface area (Å²) >= 11 is 1.51. The normalized spacial score (nSPS) is 18.5. The van der Waals surface area contributed by atoms with Gasteiger partial charge in [0.25, 0.3) is 5.56 Å². The molecule has 5 rings (SSSR count). The Balaban J connectivity index is 1.34. The Bertz CT molecular complexity index is 1010. The van der Waals surface area contributed by atoms with Crippen molar-refractivity contribution in [1.29, 1.82) is 0 Å². The number of piperidine rings is 1. The average molecular weight is 385 g/mol. The van der Waals surface area contributed by atoms with Gasteiger partial charge in [0.2, 0.25) is 10.1 Å². The number of nitrogens with zero attached hydrogens (tertiary/aromatic N) is 7. The van der Waals surface area contributed by atoms with Crippen molar-refractivity contribution in [2.75, 3.05) is 18.0 Å². The van der Waals surface area contributed by atoms with Gasteiger partial charge in [-0.3, -0.25) is 4.79 Å². The zero-order valence-corrected chi connectivity index (χ0v) is 16.2. The monoisotopic (exact) mass is 385 g/mol. The van der Waals surface area contributed by atoms with Gasteiger partial charge in [0.1, 0.15) is 12.2 Å². The molecule has 2 aliphatic rings. The van der Waals surface area contributed by atoms with Crippen LogP contribution in [0.3, 0.4) is 0 Å². The molecule has 0 aromatic carbocycles. The number of hydrogen-bond donors (Lipinski definition) is 0. The van der Waals surface area contributed by atoms with Gasteiger partial charge in [-0.25, -0.2) is 4.98 Å². The second-order valence-electron chi connectivity index (χ2n) is 7.50. The molecule has 0 N–H and O–H groups in total. The molecule has 9 heteroatoms. The summed E-state index contributed by atoms with van der Waals surface area (Å²) in [7, 11) is 0. The molecule has 1 aliphatic carbocycles. The molecule has 0 atom stereocenters. The molecule has 1 aliphatic heterocycles. The van der Waals surface area contributed by atoms with E-state index in [1.54, 1.807) is 6.07 Å². The minimum Gasteiger partial charge on any atom is -0.347 e. The summed E-state index contributed by atoms with van der Waals surface area (Å²) in [4.78, 5) is 19.9. The highest BCUT2D eigenvalue weighted by Gasteiger charge is 2.31. The topological polar surface area (TPSA) is 81.2 Å². The number of aryl methyl sites for hydroxylation is 1. The van der Waals surface area contributed by atoms with Crippen LogP contribution in [0.1, 0.15) is 62.5 Å². The third kappa shape index (κ3) is 3.13. The van der Waals surface area contributed by atoms with Crippen LogP contribution in [0.15, 0.2) is 17.2 Å². The van der Waals surface area contributed by atoms with Crippen molar-refractivity contribution in [2.24, 2.45) is 0 Å². The molecule has 0 spiro atoms. The van der Waals surface area contributed by atoms with Crippen molar-refractivity contribution in [3.05, 3.63) is 34.3 Å². The Kier molecular flexibility index (Phi) is 4.18. The van der Waals surface area contributed by atoms with Crippen LogP contribution in [0.2, 0.25) is 0 Å². The van der Waals surface area contributed by atoms with Crippen LogP contribution in [0.25, 0.3) is 4.96 Å². The molecule has 8 nitrogen and oxygen atoms in total. The van der Waals surface area contributed by atoms with Gasteiger partial charge in [-0.2, -0.15) is 4.52 Å². The molecule has 3 aromatic rings. The largest absolute Gasteiger partial charge is 0.347 e. The van der Waals surface area contributed by atoms with Gasteiger partial charge in [0.15, 0.2) is 0 Å². The molecule has 0 radical (unpaired) electrons. The van der Waals surface area contributed by atoms with Crippen molar-refractivity contribution in [3.8, 4) is 0 Å². The summed E-state index contributed by atoms with van der Waals surface area (Å²) in [5.74, 6) is 1.60. The number of fused-ring (bicyclic) bond motifs is 1. The lowest BCUT2D eigenvalue weighted by atomic mass is 9.96. The summed E-state index contributed by atoms with van der Waals surface area (Å²) in [6.07, 6.45) is 8.25. The first kappa shape index (κ1) is 16.9. The second kappa shape index (κ2) is 6.70. The van der Waals surface area contributed by atoms with Gasteiger partial charge in [-0.1, -0.05) is 24.7 Å². The molecule has 3 aromatic heterocycles. The predicted octanol–water partition coefficient (Wildman–Crippen LogP) is 2.41. The van der Waals surface area contributed by atoms with E-state index in [1.807, 2.05) is 6.33 Å². The maximum atomic E-state index is 12.3. The van der Waals surface area contributed by atoms with Crippen molar-refractivity contribution in [3.63, 3.8) is 0 Å². The van der Waals surface area contributed by atoms with Gasteiger partial charge in [0.05, 0.1) is 0 Å². The second-order valence-corrected chi connectivity index (χ2v) is 8.44. The van der Waals surface area contributed by atoms with Crippen molar-refractivity contribution >= 4 is 21.4 Å². The number of anilines is 1. The van der Waals surface area contributed by atoms with Gasteiger partial charge in [-0.05, 0) is 32.1 Å². The van der Waals surface area contributed by atoms with Crippen LogP contribution in [0.5, 0.6) is 0 Å². The molecule has 142 valence electrons. The van der Waals surface area contributed by atoms with Gasteiger partial charge in [0, 0.05) is 36.8 Å². The SMILES string of the molecule is CCCc1cc(=O)n2nc(N3CCC(c4nncn4C4CC4)CC3)sc2n1. The highest BCUT2D eigenvalue weighted by molar-refractivity contribution is 7.20. The van der Waals surface area contributed by atoms with Crippen LogP contribution in [0.4, 0.5) is 5.13 Å². The fraction of sp³-hybridized carbons (Fsp3) is 0.611. The predicted molar refractivity (Wildman–Crippen MR) is 104 cm³/mol. The van der Waals surface area contributed by atoms with E-state index in [4.69, 9.17) is 0 Å². The third-order valence-corrected chi connectivity index (χ3v) is 6.43. The highest BCUT2D eigenvalue weighted by atomic mass is 32.1. The lowest BCUT2D eigenvalue weighted by molar-refractivity contribution is 0.464. The average Bonchev–Trinajstić information content (AvgIpc) is 3.23. The van der Waals surface area contributed by atoms with Crippen LogP contribution in [0, 0.1) is 0 Å². The minimum atomic E-state index is -0.0848. The molecule has 1 saturated heterocycles. The Morgan fingerprint density at radius 2 is 2.04 bits per heavy atom. The molecule has 4 heterocycles. The molecule has 0 unspecified atom stereocenters. The van der Waals surface area contributed by atoms with E-state index in [1.165, 1.54) is 28.7 Å². The molecule has 0 amide bonds.